The van der Waals surface area contributed by atoms with Crippen LogP contribution in [0.4, 0.5) is 0 Å². The highest BCUT2D eigenvalue weighted by atomic mass is 16.2. The molecule has 1 saturated heterocycles. The van der Waals surface area contributed by atoms with E-state index in [0.717, 1.165) is 0 Å². The summed E-state index contributed by atoms with van der Waals surface area (Å²) in [6.45, 7) is 2.52. The fraction of sp³-hybridized carbons (Fsp3) is 0.667. The summed E-state index contributed by atoms with van der Waals surface area (Å²) in [5.74, 6) is -0.492. The molecular weight excluding hydrogens is 196 g/mol. The van der Waals surface area contributed by atoms with Crippen molar-refractivity contribution in [2.45, 2.75) is 13.0 Å². The summed E-state index contributed by atoms with van der Waals surface area (Å²) in [5.41, 5.74) is 0. The monoisotopic (exact) mass is 210 g/mol. The molecule has 1 aliphatic rings. The number of nitrogens with zero attached hydrogens (tertiary/aromatic N) is 1. The fourth-order valence-electron chi connectivity index (χ4n) is 1.17. The summed E-state index contributed by atoms with van der Waals surface area (Å²) < 4.78 is 0. The van der Waals surface area contributed by atoms with Crippen LogP contribution in [0.1, 0.15) is 6.92 Å². The minimum absolute atomic E-state index is 0.107. The molecule has 6 nitrogen and oxygen atoms in total. The first-order chi connectivity index (χ1) is 7.13. The molecule has 1 fully saturated rings. The van der Waals surface area contributed by atoms with E-state index in [-0.39, 0.29) is 24.3 Å². The number of carbonyl (C=O) groups is 2. The predicted molar refractivity (Wildman–Crippen MR) is 52.6 cm³/mol. The Labute approximate surface area is 88.0 Å². The topological polar surface area (TPSA) is 94.0 Å². The average Bonchev–Trinajstić information content (AvgIpc) is 2.26. The van der Waals surface area contributed by atoms with Gasteiger partial charge in [0.15, 0.2) is 0 Å². The highest BCUT2D eigenvalue weighted by Crippen LogP contribution is 1.91. The number of nitrogens with one attached hydrogen (secondary N) is 3. The van der Waals surface area contributed by atoms with Gasteiger partial charge in [-0.1, -0.05) is 0 Å². The van der Waals surface area contributed by atoms with Gasteiger partial charge in [0, 0.05) is 13.1 Å². The maximum atomic E-state index is 11.5. The SMILES string of the molecule is CC(C#N)CNC(=O)C1CNC(=O)CN1. The van der Waals surface area contributed by atoms with Crippen LogP contribution in [-0.2, 0) is 9.59 Å². The van der Waals surface area contributed by atoms with Gasteiger partial charge in [0.25, 0.3) is 0 Å². The van der Waals surface area contributed by atoms with E-state index in [2.05, 4.69) is 16.0 Å². The highest BCUT2D eigenvalue weighted by Gasteiger charge is 2.23. The Balaban J connectivity index is 2.29. The maximum Gasteiger partial charge on any atom is 0.239 e. The lowest BCUT2D eigenvalue weighted by Gasteiger charge is -2.23. The number of carbonyl (C=O) groups excluding carboxylic acids is 2. The van der Waals surface area contributed by atoms with Crippen LogP contribution in [0.3, 0.4) is 0 Å². The molecule has 82 valence electrons. The molecule has 0 bridgehead atoms. The lowest BCUT2D eigenvalue weighted by molar-refractivity contribution is -0.126. The van der Waals surface area contributed by atoms with E-state index in [9.17, 15) is 9.59 Å². The Morgan fingerprint density at radius 3 is 3.07 bits per heavy atom. The van der Waals surface area contributed by atoms with Crippen LogP contribution < -0.4 is 16.0 Å². The van der Waals surface area contributed by atoms with Crippen molar-refractivity contribution in [3.05, 3.63) is 0 Å². The molecule has 0 aliphatic carbocycles. The third kappa shape index (κ3) is 3.56. The van der Waals surface area contributed by atoms with Gasteiger partial charge in [0.2, 0.25) is 11.8 Å². The zero-order chi connectivity index (χ0) is 11.3. The smallest absolute Gasteiger partial charge is 0.239 e. The molecule has 0 aromatic carbocycles. The van der Waals surface area contributed by atoms with Gasteiger partial charge in [-0.25, -0.2) is 0 Å². The van der Waals surface area contributed by atoms with Gasteiger partial charge in [-0.2, -0.15) is 5.26 Å². The van der Waals surface area contributed by atoms with Crippen molar-refractivity contribution in [2.75, 3.05) is 19.6 Å². The van der Waals surface area contributed by atoms with Crippen LogP contribution in [0, 0.1) is 17.2 Å². The van der Waals surface area contributed by atoms with Crippen molar-refractivity contribution in [1.29, 1.82) is 5.26 Å². The third-order valence-corrected chi connectivity index (χ3v) is 2.13. The lowest BCUT2D eigenvalue weighted by Crippen LogP contribution is -2.58. The highest BCUT2D eigenvalue weighted by molar-refractivity contribution is 5.86. The molecule has 2 atom stereocenters. The molecule has 0 radical (unpaired) electrons. The molecule has 15 heavy (non-hydrogen) atoms. The summed E-state index contributed by atoms with van der Waals surface area (Å²) in [4.78, 5) is 22.3. The molecule has 2 amide bonds. The van der Waals surface area contributed by atoms with Crippen molar-refractivity contribution in [3.63, 3.8) is 0 Å². The summed E-state index contributed by atoms with van der Waals surface area (Å²) in [6.07, 6.45) is 0. The van der Waals surface area contributed by atoms with Crippen LogP contribution in [0.15, 0.2) is 0 Å². The van der Waals surface area contributed by atoms with Crippen molar-refractivity contribution in [2.24, 2.45) is 5.92 Å². The van der Waals surface area contributed by atoms with Crippen LogP contribution in [0.25, 0.3) is 0 Å². The second-order valence-electron chi connectivity index (χ2n) is 3.51. The first kappa shape index (κ1) is 11.5. The van der Waals surface area contributed by atoms with Gasteiger partial charge >= 0.3 is 0 Å². The lowest BCUT2D eigenvalue weighted by atomic mass is 10.2. The Morgan fingerprint density at radius 2 is 2.53 bits per heavy atom. The summed E-state index contributed by atoms with van der Waals surface area (Å²) >= 11 is 0. The Morgan fingerprint density at radius 1 is 1.80 bits per heavy atom. The van der Waals surface area contributed by atoms with Crippen molar-refractivity contribution in [1.82, 2.24) is 16.0 Å². The molecule has 1 rings (SSSR count). The number of amides is 2. The normalized spacial score (nSPS) is 22.4. The minimum Gasteiger partial charge on any atom is -0.353 e. The first-order valence-electron chi connectivity index (χ1n) is 4.81. The summed E-state index contributed by atoms with van der Waals surface area (Å²) in [5, 5.41) is 16.6. The van der Waals surface area contributed by atoms with Gasteiger partial charge in [-0.05, 0) is 6.92 Å². The van der Waals surface area contributed by atoms with Crippen molar-refractivity contribution < 1.29 is 9.59 Å². The van der Waals surface area contributed by atoms with Gasteiger partial charge in [-0.3, -0.25) is 14.9 Å². The largest absolute Gasteiger partial charge is 0.353 e. The van der Waals surface area contributed by atoms with E-state index < -0.39 is 6.04 Å². The Hall–Kier alpha value is -1.61. The van der Waals surface area contributed by atoms with E-state index in [0.29, 0.717) is 13.1 Å². The molecule has 2 unspecified atom stereocenters. The number of hydrogen-bond acceptors (Lipinski definition) is 4. The second-order valence-corrected chi connectivity index (χ2v) is 3.51. The van der Waals surface area contributed by atoms with Gasteiger partial charge < -0.3 is 10.6 Å². The summed E-state index contributed by atoms with van der Waals surface area (Å²) in [6, 6.07) is 1.63. The third-order valence-electron chi connectivity index (χ3n) is 2.13. The second kappa shape index (κ2) is 5.32. The fourth-order valence-corrected chi connectivity index (χ4v) is 1.17. The van der Waals surface area contributed by atoms with Gasteiger partial charge in [-0.15, -0.1) is 0 Å². The minimum atomic E-state index is -0.395. The first-order valence-corrected chi connectivity index (χ1v) is 4.81. The van der Waals surface area contributed by atoms with E-state index in [1.165, 1.54) is 0 Å². The molecule has 3 N–H and O–H groups in total. The zero-order valence-corrected chi connectivity index (χ0v) is 8.54. The molecule has 1 aliphatic heterocycles. The Bertz CT molecular complexity index is 287. The Kier molecular flexibility index (Phi) is 4.06. The van der Waals surface area contributed by atoms with Gasteiger partial charge in [0.05, 0.1) is 18.5 Å². The number of nitriles is 1. The standard InChI is InChI=1S/C9H14N4O2/c1-6(2-10)3-13-9(15)7-4-12-8(14)5-11-7/h6-7,11H,3-5H2,1H3,(H,12,14)(H,13,15). The predicted octanol–water partition coefficient (Wildman–Crippen LogP) is -1.65. The maximum absolute atomic E-state index is 11.5. The van der Waals surface area contributed by atoms with Crippen LogP contribution in [-0.4, -0.2) is 37.5 Å². The van der Waals surface area contributed by atoms with Crippen LogP contribution in [0.2, 0.25) is 0 Å². The quantitative estimate of drug-likeness (QED) is 0.520. The number of piperazine rings is 1. The van der Waals surface area contributed by atoms with E-state index in [1.54, 1.807) is 6.92 Å². The molecular formula is C9H14N4O2. The molecule has 1 heterocycles. The average molecular weight is 210 g/mol. The van der Waals surface area contributed by atoms with E-state index >= 15 is 0 Å². The molecule has 0 spiro atoms. The molecule has 0 aromatic rings. The number of rotatable bonds is 3. The van der Waals surface area contributed by atoms with E-state index in [4.69, 9.17) is 5.26 Å². The van der Waals surface area contributed by atoms with Crippen LogP contribution in [0.5, 0.6) is 0 Å². The zero-order valence-electron chi connectivity index (χ0n) is 8.54. The van der Waals surface area contributed by atoms with Crippen molar-refractivity contribution in [3.8, 4) is 6.07 Å². The number of hydrogen-bond donors (Lipinski definition) is 3. The van der Waals surface area contributed by atoms with Crippen molar-refractivity contribution >= 4 is 11.8 Å². The molecule has 6 heteroatoms. The van der Waals surface area contributed by atoms with E-state index in [1.807, 2.05) is 6.07 Å². The molecule has 0 saturated carbocycles. The van der Waals surface area contributed by atoms with Gasteiger partial charge in [0.1, 0.15) is 6.04 Å². The van der Waals surface area contributed by atoms with Crippen LogP contribution >= 0.6 is 0 Å². The molecule has 0 aromatic heterocycles. The summed E-state index contributed by atoms with van der Waals surface area (Å²) in [7, 11) is 0.